The number of hydrogen-bond donors (Lipinski definition) is 1. The fraction of sp³-hybridized carbons (Fsp3) is 0.167. The minimum Gasteiger partial charge on any atom is -0.493 e. The molecule has 1 N–H and O–H groups in total. The first kappa shape index (κ1) is 19.7. The number of benzene rings is 2. The third-order valence-corrected chi connectivity index (χ3v) is 5.66. The Labute approximate surface area is 183 Å². The number of imidazole rings is 1. The molecule has 0 aliphatic carbocycles. The number of carbonyl (C=O) groups is 1. The zero-order valence-corrected chi connectivity index (χ0v) is 17.2. The van der Waals surface area contributed by atoms with Crippen LogP contribution in [0, 0.1) is 19.3 Å². The predicted molar refractivity (Wildman–Crippen MR) is 118 cm³/mol. The molecule has 0 saturated heterocycles. The van der Waals surface area contributed by atoms with E-state index in [0.717, 1.165) is 28.5 Å². The third kappa shape index (κ3) is 3.24. The van der Waals surface area contributed by atoms with Crippen molar-refractivity contribution in [3.05, 3.63) is 82.2 Å². The number of aryl methyl sites for hydroxylation is 1. The van der Waals surface area contributed by atoms with Gasteiger partial charge >= 0.3 is 0 Å². The smallest absolute Gasteiger partial charge is 0.288 e. The van der Waals surface area contributed by atoms with Crippen LogP contribution < -0.4 is 10.1 Å². The molecule has 32 heavy (non-hydrogen) atoms. The molecule has 0 saturated carbocycles. The lowest BCUT2D eigenvalue weighted by Crippen LogP contribution is -2.09. The quantitative estimate of drug-likeness (QED) is 0.367. The maximum Gasteiger partial charge on any atom is 0.288 e. The Hall–Kier alpha value is -4.25. The number of carbonyl (C=O) groups excluding carboxylic acids is 1. The number of aldehydes is 1. The van der Waals surface area contributed by atoms with Crippen molar-refractivity contribution in [2.75, 3.05) is 11.9 Å². The molecule has 1 aliphatic heterocycles. The van der Waals surface area contributed by atoms with Gasteiger partial charge in [-0.25, -0.2) is 9.37 Å². The van der Waals surface area contributed by atoms with Crippen LogP contribution in [0.2, 0.25) is 0 Å². The minimum absolute atomic E-state index is 0.221. The normalized spacial score (nSPS) is 12.3. The first-order chi connectivity index (χ1) is 15.6. The molecular weight excluding hydrogens is 409 g/mol. The van der Waals surface area contributed by atoms with E-state index in [2.05, 4.69) is 20.1 Å². The summed E-state index contributed by atoms with van der Waals surface area (Å²) in [5, 5.41) is 3.19. The van der Waals surface area contributed by atoms with Crippen LogP contribution >= 0.6 is 0 Å². The molecule has 158 valence electrons. The summed E-state index contributed by atoms with van der Waals surface area (Å²) in [4.78, 5) is 23.6. The number of nitrogens with one attached hydrogen (secondary N) is 1. The van der Waals surface area contributed by atoms with Gasteiger partial charge in [0.05, 0.1) is 12.2 Å². The number of nitrogens with zero attached hydrogens (tertiary/aromatic N) is 4. The largest absolute Gasteiger partial charge is 0.493 e. The fourth-order valence-corrected chi connectivity index (χ4v) is 4.00. The van der Waals surface area contributed by atoms with E-state index in [4.69, 9.17) is 11.3 Å². The highest BCUT2D eigenvalue weighted by atomic mass is 19.1. The lowest BCUT2D eigenvalue weighted by molar-refractivity contribution is 0.112. The van der Waals surface area contributed by atoms with Gasteiger partial charge in [0.15, 0.2) is 0 Å². The van der Waals surface area contributed by atoms with Gasteiger partial charge in [-0.05, 0) is 30.2 Å². The molecule has 5 rings (SSSR count). The highest BCUT2D eigenvalue weighted by Gasteiger charge is 2.21. The van der Waals surface area contributed by atoms with E-state index in [1.807, 2.05) is 19.1 Å². The van der Waals surface area contributed by atoms with Crippen molar-refractivity contribution in [1.82, 2.24) is 14.4 Å². The van der Waals surface area contributed by atoms with E-state index >= 15 is 0 Å². The summed E-state index contributed by atoms with van der Waals surface area (Å²) in [5.41, 5.74) is 4.98. The molecule has 0 fully saturated rings. The average Bonchev–Trinajstić information content (AvgIpc) is 3.45. The molecule has 3 heterocycles. The molecule has 7 nitrogen and oxygen atoms in total. The van der Waals surface area contributed by atoms with Gasteiger partial charge in [-0.15, -0.1) is 0 Å². The topological polar surface area (TPSA) is 72.9 Å². The van der Waals surface area contributed by atoms with Crippen molar-refractivity contribution in [2.45, 2.75) is 19.9 Å². The number of anilines is 1. The highest BCUT2D eigenvalue weighted by Crippen LogP contribution is 2.32. The molecule has 2 aromatic heterocycles. The molecule has 0 spiro atoms. The molecule has 4 aromatic rings. The zero-order chi connectivity index (χ0) is 22.2. The van der Waals surface area contributed by atoms with Gasteiger partial charge in [-0.3, -0.25) is 9.20 Å². The second-order valence-corrected chi connectivity index (χ2v) is 7.54. The SMILES string of the molecule is [C-]#[N+]c1cn2c(NCc3c(F)ccc4c3CCO4)ncc(-c3ccc(C=O)c(C)c3)c2n1. The molecule has 1 aliphatic rings. The van der Waals surface area contributed by atoms with Crippen LogP contribution in [0.15, 0.2) is 42.7 Å². The van der Waals surface area contributed by atoms with E-state index in [-0.39, 0.29) is 18.2 Å². The van der Waals surface area contributed by atoms with Gasteiger partial charge < -0.3 is 14.9 Å². The molecule has 0 bridgehead atoms. The predicted octanol–water partition coefficient (Wildman–Crippen LogP) is 4.75. The summed E-state index contributed by atoms with van der Waals surface area (Å²) in [6.45, 7) is 9.99. The number of halogens is 1. The summed E-state index contributed by atoms with van der Waals surface area (Å²) in [6, 6.07) is 8.54. The first-order valence-electron chi connectivity index (χ1n) is 10.1. The Morgan fingerprint density at radius 3 is 3.00 bits per heavy atom. The monoisotopic (exact) mass is 427 g/mol. The van der Waals surface area contributed by atoms with Gasteiger partial charge in [0, 0.05) is 42.0 Å². The molecule has 0 radical (unpaired) electrons. The van der Waals surface area contributed by atoms with Crippen LogP contribution in [-0.4, -0.2) is 27.3 Å². The van der Waals surface area contributed by atoms with Crippen LogP contribution in [0.1, 0.15) is 27.0 Å². The molecule has 0 unspecified atom stereocenters. The molecular formula is C24H18FN5O2. The Morgan fingerprint density at radius 1 is 1.34 bits per heavy atom. The summed E-state index contributed by atoms with van der Waals surface area (Å²) in [6.07, 6.45) is 4.75. The van der Waals surface area contributed by atoms with Gasteiger partial charge in [0.2, 0.25) is 11.6 Å². The Morgan fingerprint density at radius 2 is 2.22 bits per heavy atom. The van der Waals surface area contributed by atoms with Gasteiger partial charge in [0.25, 0.3) is 5.82 Å². The van der Waals surface area contributed by atoms with E-state index in [0.29, 0.717) is 41.5 Å². The number of fused-ring (bicyclic) bond motifs is 2. The highest BCUT2D eigenvalue weighted by molar-refractivity contribution is 5.83. The van der Waals surface area contributed by atoms with E-state index in [9.17, 15) is 9.18 Å². The van der Waals surface area contributed by atoms with Crippen LogP contribution in [-0.2, 0) is 13.0 Å². The Kier molecular flexibility index (Phi) is 4.79. The number of rotatable bonds is 5. The lowest BCUT2D eigenvalue weighted by atomic mass is 10.0. The van der Waals surface area contributed by atoms with Crippen LogP contribution in [0.25, 0.3) is 21.6 Å². The van der Waals surface area contributed by atoms with Crippen molar-refractivity contribution >= 4 is 23.7 Å². The molecule has 0 amide bonds. The summed E-state index contributed by atoms with van der Waals surface area (Å²) in [7, 11) is 0. The minimum atomic E-state index is -0.298. The van der Waals surface area contributed by atoms with Crippen molar-refractivity contribution in [3.8, 4) is 16.9 Å². The van der Waals surface area contributed by atoms with Crippen LogP contribution in [0.5, 0.6) is 5.75 Å². The summed E-state index contributed by atoms with van der Waals surface area (Å²) < 4.78 is 21.7. The summed E-state index contributed by atoms with van der Waals surface area (Å²) >= 11 is 0. The second-order valence-electron chi connectivity index (χ2n) is 7.54. The first-order valence-corrected chi connectivity index (χ1v) is 10.1. The lowest BCUT2D eigenvalue weighted by Gasteiger charge is -2.12. The molecule has 2 aromatic carbocycles. The van der Waals surface area contributed by atoms with Crippen molar-refractivity contribution in [3.63, 3.8) is 0 Å². The fourth-order valence-electron chi connectivity index (χ4n) is 4.00. The third-order valence-electron chi connectivity index (χ3n) is 5.66. The van der Waals surface area contributed by atoms with Crippen LogP contribution in [0.3, 0.4) is 0 Å². The summed E-state index contributed by atoms with van der Waals surface area (Å²) in [5.74, 6) is 1.09. The molecule has 0 atom stereocenters. The number of hydrogen-bond acceptors (Lipinski definition) is 5. The number of ether oxygens (including phenoxy) is 1. The van der Waals surface area contributed by atoms with Crippen molar-refractivity contribution in [1.29, 1.82) is 0 Å². The van der Waals surface area contributed by atoms with Gasteiger partial charge in [0.1, 0.15) is 17.9 Å². The van der Waals surface area contributed by atoms with Crippen molar-refractivity contribution < 1.29 is 13.9 Å². The Balaban J connectivity index is 1.55. The van der Waals surface area contributed by atoms with E-state index in [1.165, 1.54) is 6.07 Å². The van der Waals surface area contributed by atoms with Crippen LogP contribution in [0.4, 0.5) is 16.2 Å². The second kappa shape index (κ2) is 7.78. The van der Waals surface area contributed by atoms with E-state index < -0.39 is 0 Å². The maximum absolute atomic E-state index is 14.5. The molecule has 8 heteroatoms. The zero-order valence-electron chi connectivity index (χ0n) is 17.2. The van der Waals surface area contributed by atoms with Gasteiger partial charge in [-0.1, -0.05) is 29.8 Å². The standard InChI is InChI=1S/C24H18FN5O2/c1-14-9-15(3-4-16(14)13-31)18-10-27-24(30-12-22(26-2)29-23(18)30)28-11-19-17-7-8-32-21(17)6-5-20(19)25/h3-6,9-10,12-13H,7-8,11H2,1H3,(H,27,28). The van der Waals surface area contributed by atoms with Crippen molar-refractivity contribution in [2.24, 2.45) is 0 Å². The van der Waals surface area contributed by atoms with Gasteiger partial charge in [-0.2, -0.15) is 0 Å². The average molecular weight is 427 g/mol. The number of aromatic nitrogens is 3. The van der Waals surface area contributed by atoms with E-state index in [1.54, 1.807) is 28.9 Å². The maximum atomic E-state index is 14.5. The Bertz CT molecular complexity index is 1420.